The predicted octanol–water partition coefficient (Wildman–Crippen LogP) is 3.48. The Morgan fingerprint density at radius 1 is 1.24 bits per heavy atom. The Labute approximate surface area is 133 Å². The summed E-state index contributed by atoms with van der Waals surface area (Å²) < 4.78 is 6.57. The maximum atomic E-state index is 11.0. The Morgan fingerprint density at radius 3 is 2.48 bits per heavy atom. The molecule has 0 radical (unpaired) electrons. The SMILES string of the molecule is O=C(O)c1cc(OCc2ccc(I)cc2)ccc1[N+](=O)[O-]. The van der Waals surface area contributed by atoms with Crippen LogP contribution in [0.1, 0.15) is 15.9 Å². The van der Waals surface area contributed by atoms with E-state index in [1.807, 2.05) is 24.3 Å². The summed E-state index contributed by atoms with van der Waals surface area (Å²) in [6.07, 6.45) is 0. The molecular formula is C14H10INO5. The van der Waals surface area contributed by atoms with Gasteiger partial charge >= 0.3 is 5.97 Å². The highest BCUT2D eigenvalue weighted by Crippen LogP contribution is 2.24. The molecule has 0 spiro atoms. The van der Waals surface area contributed by atoms with Crippen LogP contribution in [0.3, 0.4) is 0 Å². The third-order valence-electron chi connectivity index (χ3n) is 2.71. The average molecular weight is 399 g/mol. The fraction of sp³-hybridized carbons (Fsp3) is 0.0714. The van der Waals surface area contributed by atoms with Gasteiger partial charge in [-0.1, -0.05) is 12.1 Å². The van der Waals surface area contributed by atoms with Crippen molar-refractivity contribution in [2.45, 2.75) is 6.61 Å². The molecule has 0 aliphatic rings. The molecular weight excluding hydrogens is 389 g/mol. The van der Waals surface area contributed by atoms with E-state index < -0.39 is 16.6 Å². The van der Waals surface area contributed by atoms with Crippen LogP contribution in [0.15, 0.2) is 42.5 Å². The largest absolute Gasteiger partial charge is 0.489 e. The summed E-state index contributed by atoms with van der Waals surface area (Å²) in [5.74, 6) is -1.09. The highest BCUT2D eigenvalue weighted by atomic mass is 127. The quantitative estimate of drug-likeness (QED) is 0.473. The van der Waals surface area contributed by atoms with E-state index in [1.165, 1.54) is 6.07 Å². The van der Waals surface area contributed by atoms with Crippen molar-refractivity contribution in [1.82, 2.24) is 0 Å². The highest BCUT2D eigenvalue weighted by molar-refractivity contribution is 14.1. The number of carbonyl (C=O) groups is 1. The second kappa shape index (κ2) is 6.53. The van der Waals surface area contributed by atoms with E-state index in [9.17, 15) is 14.9 Å². The zero-order valence-electron chi connectivity index (χ0n) is 10.7. The third kappa shape index (κ3) is 3.91. The van der Waals surface area contributed by atoms with Crippen LogP contribution >= 0.6 is 22.6 Å². The van der Waals surface area contributed by atoms with Gasteiger partial charge in [0.1, 0.15) is 17.9 Å². The summed E-state index contributed by atoms with van der Waals surface area (Å²) in [6, 6.07) is 11.3. The van der Waals surface area contributed by atoms with Gasteiger partial charge in [-0.2, -0.15) is 0 Å². The van der Waals surface area contributed by atoms with Crippen LogP contribution in [0.5, 0.6) is 5.75 Å². The Morgan fingerprint density at radius 2 is 1.90 bits per heavy atom. The smallest absolute Gasteiger partial charge is 0.342 e. The molecule has 0 heterocycles. The molecule has 6 nitrogen and oxygen atoms in total. The van der Waals surface area contributed by atoms with E-state index in [1.54, 1.807) is 0 Å². The maximum absolute atomic E-state index is 11.0. The summed E-state index contributed by atoms with van der Waals surface area (Å²) in [6.45, 7) is 0.258. The van der Waals surface area contributed by atoms with Gasteiger partial charge in [0.05, 0.1) is 4.92 Å². The number of halogens is 1. The van der Waals surface area contributed by atoms with Crippen LogP contribution in [-0.2, 0) is 6.61 Å². The Kier molecular flexibility index (Phi) is 4.73. The Hall–Kier alpha value is -2.16. The molecule has 2 aromatic rings. The van der Waals surface area contributed by atoms with Gasteiger partial charge in [-0.3, -0.25) is 10.1 Å². The lowest BCUT2D eigenvalue weighted by Crippen LogP contribution is -2.04. The molecule has 1 N–H and O–H groups in total. The molecule has 21 heavy (non-hydrogen) atoms. The Bertz CT molecular complexity index is 684. The van der Waals surface area contributed by atoms with Crippen LogP contribution in [0, 0.1) is 13.7 Å². The van der Waals surface area contributed by atoms with Gasteiger partial charge in [-0.05, 0) is 46.4 Å². The number of rotatable bonds is 5. The summed E-state index contributed by atoms with van der Waals surface area (Å²) >= 11 is 2.19. The molecule has 0 aromatic heterocycles. The minimum absolute atomic E-state index is 0.258. The van der Waals surface area contributed by atoms with Crippen molar-refractivity contribution < 1.29 is 19.6 Å². The fourth-order valence-corrected chi connectivity index (χ4v) is 2.04. The molecule has 0 atom stereocenters. The number of ether oxygens (including phenoxy) is 1. The molecule has 0 unspecified atom stereocenters. The molecule has 0 fully saturated rings. The number of hydrogen-bond donors (Lipinski definition) is 1. The molecule has 0 amide bonds. The monoisotopic (exact) mass is 399 g/mol. The van der Waals surface area contributed by atoms with Gasteiger partial charge in [0.2, 0.25) is 0 Å². The zero-order chi connectivity index (χ0) is 15.4. The number of aromatic carboxylic acids is 1. The van der Waals surface area contributed by atoms with E-state index in [0.717, 1.165) is 21.3 Å². The second-order valence-corrected chi connectivity index (χ2v) is 5.40. The normalized spacial score (nSPS) is 10.1. The highest BCUT2D eigenvalue weighted by Gasteiger charge is 2.20. The predicted molar refractivity (Wildman–Crippen MR) is 83.5 cm³/mol. The van der Waals surface area contributed by atoms with Crippen molar-refractivity contribution >= 4 is 34.2 Å². The number of hydrogen-bond acceptors (Lipinski definition) is 4. The minimum Gasteiger partial charge on any atom is -0.489 e. The van der Waals surface area contributed by atoms with Crippen LogP contribution in [0.25, 0.3) is 0 Å². The van der Waals surface area contributed by atoms with Crippen LogP contribution in [-0.4, -0.2) is 16.0 Å². The standard InChI is InChI=1S/C14H10INO5/c15-10-3-1-9(2-4-10)8-21-11-5-6-13(16(19)20)12(7-11)14(17)18/h1-7H,8H2,(H,17,18). The van der Waals surface area contributed by atoms with Crippen molar-refractivity contribution in [2.75, 3.05) is 0 Å². The third-order valence-corrected chi connectivity index (χ3v) is 3.43. The molecule has 0 aliphatic carbocycles. The molecule has 0 bridgehead atoms. The minimum atomic E-state index is -1.36. The topological polar surface area (TPSA) is 89.7 Å². The van der Waals surface area contributed by atoms with E-state index >= 15 is 0 Å². The molecule has 7 heteroatoms. The van der Waals surface area contributed by atoms with Gasteiger partial charge in [0.25, 0.3) is 5.69 Å². The van der Waals surface area contributed by atoms with E-state index in [2.05, 4.69) is 22.6 Å². The number of carboxylic acid groups (broad SMARTS) is 1. The van der Waals surface area contributed by atoms with Crippen molar-refractivity contribution in [3.8, 4) is 5.75 Å². The first-order valence-electron chi connectivity index (χ1n) is 5.86. The van der Waals surface area contributed by atoms with Crippen molar-refractivity contribution in [2.24, 2.45) is 0 Å². The lowest BCUT2D eigenvalue weighted by atomic mass is 10.1. The summed E-state index contributed by atoms with van der Waals surface area (Å²) in [5.41, 5.74) is 0.0786. The zero-order valence-corrected chi connectivity index (χ0v) is 12.8. The first-order valence-corrected chi connectivity index (χ1v) is 6.94. The molecule has 2 rings (SSSR count). The first-order chi connectivity index (χ1) is 9.97. The molecule has 2 aromatic carbocycles. The van der Waals surface area contributed by atoms with Gasteiger partial charge in [0, 0.05) is 15.7 Å². The average Bonchev–Trinajstić information content (AvgIpc) is 2.46. The molecule has 0 saturated carbocycles. The summed E-state index contributed by atoms with van der Waals surface area (Å²) in [4.78, 5) is 21.0. The number of carboxylic acids is 1. The second-order valence-electron chi connectivity index (χ2n) is 4.16. The summed E-state index contributed by atoms with van der Waals surface area (Å²) in [7, 11) is 0. The van der Waals surface area contributed by atoms with Crippen molar-refractivity contribution in [3.63, 3.8) is 0 Å². The number of nitro benzene ring substituents is 1. The van der Waals surface area contributed by atoms with Gasteiger partial charge in [0.15, 0.2) is 0 Å². The summed E-state index contributed by atoms with van der Waals surface area (Å²) in [5, 5.41) is 19.7. The number of benzene rings is 2. The Balaban J connectivity index is 2.17. The molecule has 0 saturated heterocycles. The van der Waals surface area contributed by atoms with Crippen molar-refractivity contribution in [1.29, 1.82) is 0 Å². The van der Waals surface area contributed by atoms with Gasteiger partial charge < -0.3 is 9.84 Å². The first kappa shape index (κ1) is 15.2. The maximum Gasteiger partial charge on any atom is 0.342 e. The van der Waals surface area contributed by atoms with E-state index in [-0.39, 0.29) is 17.9 Å². The van der Waals surface area contributed by atoms with Crippen molar-refractivity contribution in [3.05, 3.63) is 67.3 Å². The molecule has 108 valence electrons. The van der Waals surface area contributed by atoms with Crippen LogP contribution in [0.2, 0.25) is 0 Å². The van der Waals surface area contributed by atoms with E-state index in [0.29, 0.717) is 0 Å². The number of nitro groups is 1. The lowest BCUT2D eigenvalue weighted by Gasteiger charge is -2.07. The van der Waals surface area contributed by atoms with Gasteiger partial charge in [-0.15, -0.1) is 0 Å². The number of nitrogens with zero attached hydrogens (tertiary/aromatic N) is 1. The lowest BCUT2D eigenvalue weighted by molar-refractivity contribution is -0.385. The van der Waals surface area contributed by atoms with Gasteiger partial charge in [-0.25, -0.2) is 4.79 Å². The van der Waals surface area contributed by atoms with E-state index in [4.69, 9.17) is 9.84 Å². The van der Waals surface area contributed by atoms with Crippen LogP contribution in [0.4, 0.5) is 5.69 Å². The molecule has 0 aliphatic heterocycles. The van der Waals surface area contributed by atoms with Crippen LogP contribution < -0.4 is 4.74 Å². The fourth-order valence-electron chi connectivity index (χ4n) is 1.68.